The van der Waals surface area contributed by atoms with Gasteiger partial charge in [0.25, 0.3) is 0 Å². The molecule has 38 heavy (non-hydrogen) atoms. The van der Waals surface area contributed by atoms with Crippen LogP contribution in [0.4, 0.5) is 0 Å². The predicted octanol–water partition coefficient (Wildman–Crippen LogP) is 9.89. The van der Waals surface area contributed by atoms with Crippen LogP contribution in [0.5, 0.6) is 0 Å². The van der Waals surface area contributed by atoms with Gasteiger partial charge in [-0.25, -0.2) is 0 Å². The Labute approximate surface area is 223 Å². The molecule has 0 radical (unpaired) electrons. The summed E-state index contributed by atoms with van der Waals surface area (Å²) in [5.41, 5.74) is 9.40. The summed E-state index contributed by atoms with van der Waals surface area (Å²) in [6.45, 7) is 4.88. The molecule has 1 aliphatic rings. The molecule has 0 amide bonds. The molecule has 7 rings (SSSR count). The lowest BCUT2D eigenvalue weighted by atomic mass is 9.89. The van der Waals surface area contributed by atoms with Crippen LogP contribution in [0.2, 0.25) is 12.6 Å². The van der Waals surface area contributed by atoms with Crippen molar-refractivity contribution < 1.29 is 8.83 Å². The lowest BCUT2D eigenvalue weighted by molar-refractivity contribution is 0.615. The summed E-state index contributed by atoms with van der Waals surface area (Å²) in [4.78, 5) is 0. The van der Waals surface area contributed by atoms with Crippen molar-refractivity contribution in [3.05, 3.63) is 144 Å². The molecule has 0 saturated heterocycles. The van der Waals surface area contributed by atoms with Gasteiger partial charge in [0, 0.05) is 21.9 Å². The highest BCUT2D eigenvalue weighted by atomic mass is 28.3. The lowest BCUT2D eigenvalue weighted by Crippen LogP contribution is -2.31. The van der Waals surface area contributed by atoms with Gasteiger partial charge >= 0.3 is 0 Å². The van der Waals surface area contributed by atoms with E-state index >= 15 is 0 Å². The average Bonchev–Trinajstić information content (AvgIpc) is 3.66. The minimum atomic E-state index is -2.32. The summed E-state index contributed by atoms with van der Waals surface area (Å²) in [6, 6.07) is 39.7. The third-order valence-corrected chi connectivity index (χ3v) is 12.8. The first-order valence-electron chi connectivity index (χ1n) is 13.2. The average molecular weight is 509 g/mol. The molecule has 1 aliphatic heterocycles. The maximum Gasteiger partial charge on any atom is 0.134 e. The molecule has 0 atom stereocenters. The van der Waals surface area contributed by atoms with Gasteiger partial charge < -0.3 is 8.83 Å². The SMILES string of the molecule is CC[Si]1(C)C(c2coc3ccccc23)=C(c2ccccc2)C(c2ccccc2)=C1c1coc2ccccc12. The Bertz CT molecular complexity index is 1720. The van der Waals surface area contributed by atoms with Crippen LogP contribution in [-0.4, -0.2) is 8.07 Å². The quantitative estimate of drug-likeness (QED) is 0.217. The largest absolute Gasteiger partial charge is 0.464 e. The van der Waals surface area contributed by atoms with Crippen molar-refractivity contribution in [2.75, 3.05) is 0 Å². The number of rotatable bonds is 5. The Kier molecular flexibility index (Phi) is 5.34. The fraction of sp³-hybridized carbons (Fsp3) is 0.0857. The number of hydrogen-bond donors (Lipinski definition) is 0. The fourth-order valence-electron chi connectivity index (χ4n) is 6.27. The molecular weight excluding hydrogens is 480 g/mol. The zero-order valence-electron chi connectivity index (χ0n) is 21.6. The topological polar surface area (TPSA) is 26.3 Å². The number of benzene rings is 4. The Morgan fingerprint density at radius 3 is 1.34 bits per heavy atom. The number of hydrogen-bond acceptors (Lipinski definition) is 2. The van der Waals surface area contributed by atoms with Crippen LogP contribution in [0.15, 0.2) is 131 Å². The van der Waals surface area contributed by atoms with Crippen LogP contribution in [0.1, 0.15) is 29.2 Å². The molecule has 184 valence electrons. The normalized spacial score (nSPS) is 15.2. The van der Waals surface area contributed by atoms with E-state index in [-0.39, 0.29) is 0 Å². The summed E-state index contributed by atoms with van der Waals surface area (Å²) in [7, 11) is -2.32. The van der Waals surface area contributed by atoms with Crippen LogP contribution in [0, 0.1) is 0 Å². The molecular formula is C35H28O2Si. The van der Waals surface area contributed by atoms with E-state index in [9.17, 15) is 0 Å². The van der Waals surface area contributed by atoms with Gasteiger partial charge in [0.15, 0.2) is 0 Å². The second-order valence-electron chi connectivity index (χ2n) is 10.2. The molecule has 2 aromatic heterocycles. The Balaban J connectivity index is 1.66. The maximum absolute atomic E-state index is 6.17. The van der Waals surface area contributed by atoms with Crippen LogP contribution < -0.4 is 0 Å². The molecule has 0 spiro atoms. The second-order valence-corrected chi connectivity index (χ2v) is 14.6. The first kappa shape index (κ1) is 22.8. The van der Waals surface area contributed by atoms with Crippen LogP contribution >= 0.6 is 0 Å². The van der Waals surface area contributed by atoms with Gasteiger partial charge in [-0.3, -0.25) is 0 Å². The van der Waals surface area contributed by atoms with E-state index < -0.39 is 8.07 Å². The summed E-state index contributed by atoms with van der Waals surface area (Å²) in [5, 5.41) is 5.23. The van der Waals surface area contributed by atoms with Gasteiger partial charge in [0.05, 0.1) is 12.5 Å². The predicted molar refractivity (Wildman–Crippen MR) is 161 cm³/mol. The van der Waals surface area contributed by atoms with Crippen LogP contribution in [-0.2, 0) is 0 Å². The van der Waals surface area contributed by atoms with Crippen molar-refractivity contribution in [1.82, 2.24) is 0 Å². The molecule has 0 bridgehead atoms. The van der Waals surface area contributed by atoms with Crippen molar-refractivity contribution >= 4 is 51.6 Å². The van der Waals surface area contributed by atoms with Gasteiger partial charge in [-0.1, -0.05) is 117 Å². The smallest absolute Gasteiger partial charge is 0.134 e. The Morgan fingerprint density at radius 1 is 0.526 bits per heavy atom. The summed E-state index contributed by atoms with van der Waals surface area (Å²) in [6.07, 6.45) is 3.98. The molecule has 2 nitrogen and oxygen atoms in total. The Hall–Kier alpha value is -4.34. The summed E-state index contributed by atoms with van der Waals surface area (Å²) >= 11 is 0. The molecule has 3 heterocycles. The maximum atomic E-state index is 6.17. The summed E-state index contributed by atoms with van der Waals surface area (Å²) in [5.74, 6) is 0. The van der Waals surface area contributed by atoms with Crippen molar-refractivity contribution in [1.29, 1.82) is 0 Å². The zero-order chi connectivity index (χ0) is 25.7. The standard InChI is InChI=1S/C35H28O2Si/c1-3-38(2)34(28-22-36-30-20-12-10-18-26(28)30)32(24-14-6-4-7-15-24)33(25-16-8-5-9-17-25)35(38)29-23-37-31-21-13-11-19-27(29)31/h4-23H,3H2,1-2H3. The Morgan fingerprint density at radius 2 is 0.921 bits per heavy atom. The van der Waals surface area contributed by atoms with Gasteiger partial charge in [-0.05, 0) is 44.8 Å². The van der Waals surface area contributed by atoms with Gasteiger partial charge in [-0.2, -0.15) is 0 Å². The minimum Gasteiger partial charge on any atom is -0.464 e. The highest BCUT2D eigenvalue weighted by Gasteiger charge is 2.47. The van der Waals surface area contributed by atoms with Crippen molar-refractivity contribution in [2.24, 2.45) is 0 Å². The zero-order valence-corrected chi connectivity index (χ0v) is 22.6. The van der Waals surface area contributed by atoms with E-state index in [1.165, 1.54) is 54.6 Å². The van der Waals surface area contributed by atoms with Crippen LogP contribution in [0.3, 0.4) is 0 Å². The van der Waals surface area contributed by atoms with Crippen LogP contribution in [0.25, 0.3) is 43.5 Å². The van der Waals surface area contributed by atoms with E-state index in [1.807, 2.05) is 24.7 Å². The highest BCUT2D eigenvalue weighted by molar-refractivity contribution is 7.14. The minimum absolute atomic E-state index is 0.929. The van der Waals surface area contributed by atoms with E-state index in [2.05, 4.69) is 111 Å². The monoisotopic (exact) mass is 508 g/mol. The molecule has 6 aromatic rings. The first-order valence-corrected chi connectivity index (χ1v) is 16.0. The van der Waals surface area contributed by atoms with Crippen molar-refractivity contribution in [3.8, 4) is 0 Å². The fourth-order valence-corrected chi connectivity index (χ4v) is 10.4. The van der Waals surface area contributed by atoms with Crippen molar-refractivity contribution in [3.63, 3.8) is 0 Å². The molecule has 0 unspecified atom stereocenters. The third-order valence-electron chi connectivity index (χ3n) is 8.19. The van der Waals surface area contributed by atoms with E-state index in [0.717, 1.165) is 17.2 Å². The first-order chi connectivity index (χ1) is 18.7. The summed E-state index contributed by atoms with van der Waals surface area (Å²) < 4.78 is 12.3. The van der Waals surface area contributed by atoms with Crippen molar-refractivity contribution in [2.45, 2.75) is 19.5 Å². The molecule has 0 aliphatic carbocycles. The molecule has 4 aromatic carbocycles. The third kappa shape index (κ3) is 3.32. The van der Waals surface area contributed by atoms with Gasteiger partial charge in [0.1, 0.15) is 19.2 Å². The lowest BCUT2D eigenvalue weighted by Gasteiger charge is -2.28. The molecule has 0 N–H and O–H groups in total. The number of allylic oxidation sites excluding steroid dienone is 2. The van der Waals surface area contributed by atoms with E-state index in [0.29, 0.717) is 0 Å². The van der Waals surface area contributed by atoms with Gasteiger partial charge in [0.2, 0.25) is 0 Å². The number of furan rings is 2. The second kappa shape index (κ2) is 8.90. The molecule has 0 fully saturated rings. The number of fused-ring (bicyclic) bond motifs is 2. The van der Waals surface area contributed by atoms with E-state index in [1.54, 1.807) is 0 Å². The molecule has 3 heteroatoms. The molecule has 0 saturated carbocycles. The highest BCUT2D eigenvalue weighted by Crippen LogP contribution is 2.58. The van der Waals surface area contributed by atoms with E-state index in [4.69, 9.17) is 8.83 Å². The number of para-hydroxylation sites is 2. The van der Waals surface area contributed by atoms with Gasteiger partial charge in [-0.15, -0.1) is 0 Å².